The van der Waals surface area contributed by atoms with Gasteiger partial charge in [-0.25, -0.2) is 8.42 Å². The normalized spacial score (nSPS) is 25.9. The van der Waals surface area contributed by atoms with E-state index >= 15 is 0 Å². The number of sulfonamides is 1. The van der Waals surface area contributed by atoms with Crippen LogP contribution in [0, 0.1) is 5.92 Å². The highest BCUT2D eigenvalue weighted by atomic mass is 79.9. The van der Waals surface area contributed by atoms with Crippen LogP contribution in [0.1, 0.15) is 39.0 Å². The highest BCUT2D eigenvalue weighted by Gasteiger charge is 2.37. The summed E-state index contributed by atoms with van der Waals surface area (Å²) in [5, 5.41) is 0. The molecule has 1 aliphatic heterocycles. The van der Waals surface area contributed by atoms with Crippen molar-refractivity contribution < 1.29 is 8.42 Å². The Morgan fingerprint density at radius 3 is 2.48 bits per heavy atom. The smallest absolute Gasteiger partial charge is 0.243 e. The molecule has 1 heterocycles. The quantitative estimate of drug-likeness (QED) is 0.690. The first-order valence-corrected chi connectivity index (χ1v) is 11.1. The van der Waals surface area contributed by atoms with Crippen LogP contribution in [0.5, 0.6) is 0 Å². The van der Waals surface area contributed by atoms with E-state index in [1.807, 2.05) is 6.07 Å². The van der Waals surface area contributed by atoms with Crippen molar-refractivity contribution in [3.05, 3.63) is 28.7 Å². The van der Waals surface area contributed by atoms with Crippen LogP contribution in [-0.2, 0) is 10.0 Å². The van der Waals surface area contributed by atoms with Crippen LogP contribution in [0.2, 0.25) is 0 Å². The summed E-state index contributed by atoms with van der Waals surface area (Å²) >= 11 is 3.36. The zero-order valence-electron chi connectivity index (χ0n) is 14.9. The molecule has 0 N–H and O–H groups in total. The maximum Gasteiger partial charge on any atom is 0.243 e. The van der Waals surface area contributed by atoms with Gasteiger partial charge in [0.2, 0.25) is 10.0 Å². The Morgan fingerprint density at radius 1 is 1.16 bits per heavy atom. The molecule has 2 atom stereocenters. The van der Waals surface area contributed by atoms with Gasteiger partial charge in [-0.05, 0) is 69.3 Å². The van der Waals surface area contributed by atoms with E-state index in [2.05, 4.69) is 27.8 Å². The molecule has 1 aromatic carbocycles. The Labute approximate surface area is 166 Å². The molecule has 2 aliphatic rings. The lowest BCUT2D eigenvalue weighted by atomic mass is 9.97. The van der Waals surface area contributed by atoms with Gasteiger partial charge in [-0.15, -0.1) is 12.4 Å². The minimum absolute atomic E-state index is 0. The molecule has 0 spiro atoms. The van der Waals surface area contributed by atoms with Crippen LogP contribution in [0.4, 0.5) is 0 Å². The van der Waals surface area contributed by atoms with Crippen molar-refractivity contribution in [1.82, 2.24) is 9.21 Å². The second kappa shape index (κ2) is 8.70. The highest BCUT2D eigenvalue weighted by molar-refractivity contribution is 9.10. The van der Waals surface area contributed by atoms with E-state index in [1.54, 1.807) is 29.6 Å². The second-order valence-corrected chi connectivity index (χ2v) is 10.2. The van der Waals surface area contributed by atoms with Crippen LogP contribution < -0.4 is 0 Å². The van der Waals surface area contributed by atoms with Gasteiger partial charge in [0.15, 0.2) is 0 Å². The fraction of sp³-hybridized carbons (Fsp3) is 0.667. The van der Waals surface area contributed by atoms with Crippen molar-refractivity contribution in [3.63, 3.8) is 0 Å². The van der Waals surface area contributed by atoms with Gasteiger partial charge < -0.3 is 4.90 Å². The Bertz CT molecular complexity index is 677. The Kier molecular flexibility index (Phi) is 7.36. The summed E-state index contributed by atoms with van der Waals surface area (Å²) in [6.07, 6.45) is 5.57. The first-order valence-electron chi connectivity index (χ1n) is 8.85. The molecule has 142 valence electrons. The van der Waals surface area contributed by atoms with E-state index in [1.165, 1.54) is 25.9 Å². The molecule has 1 aliphatic carbocycles. The third kappa shape index (κ3) is 4.78. The maximum atomic E-state index is 12.9. The fourth-order valence-electron chi connectivity index (χ4n) is 3.98. The van der Waals surface area contributed by atoms with E-state index in [0.717, 1.165) is 29.7 Å². The predicted molar refractivity (Wildman–Crippen MR) is 108 cm³/mol. The highest BCUT2D eigenvalue weighted by Crippen LogP contribution is 2.33. The zero-order chi connectivity index (χ0) is 17.3. The van der Waals surface area contributed by atoms with Gasteiger partial charge in [0.1, 0.15) is 0 Å². The summed E-state index contributed by atoms with van der Waals surface area (Å²) in [6, 6.07) is 7.64. The summed E-state index contributed by atoms with van der Waals surface area (Å²) in [5.41, 5.74) is 0. The lowest BCUT2D eigenvalue weighted by Crippen LogP contribution is -2.41. The molecule has 0 radical (unpaired) electrons. The predicted octanol–water partition coefficient (Wildman–Crippen LogP) is 4.14. The van der Waals surface area contributed by atoms with Crippen LogP contribution in [0.3, 0.4) is 0 Å². The lowest BCUT2D eigenvalue weighted by molar-refractivity contribution is 0.136. The number of hydrogen-bond acceptors (Lipinski definition) is 3. The molecule has 1 saturated carbocycles. The summed E-state index contributed by atoms with van der Waals surface area (Å²) in [6.45, 7) is 4.66. The van der Waals surface area contributed by atoms with Gasteiger partial charge in [0.25, 0.3) is 0 Å². The maximum absolute atomic E-state index is 12.9. The molecular weight excluding hydrogens is 424 g/mol. The summed E-state index contributed by atoms with van der Waals surface area (Å²) < 4.78 is 28.2. The summed E-state index contributed by atoms with van der Waals surface area (Å²) in [4.78, 5) is 2.95. The van der Waals surface area contributed by atoms with E-state index in [9.17, 15) is 8.42 Å². The standard InChI is InChI=1S/C18H27BrN2O2S.ClH/c1-14-8-10-21(11-9-14)17-7-6-16(13-17)20(2)24(22,23)18-5-3-4-15(19)12-18;/h3-5,12,14,16-17H,6-11,13H2,1-2H3;1H/t16-,17+;/m0./s1. The number of likely N-dealkylation sites (tertiary alicyclic amines) is 1. The molecule has 0 aromatic heterocycles. The van der Waals surface area contributed by atoms with Crippen molar-refractivity contribution in [3.8, 4) is 0 Å². The number of hydrogen-bond donors (Lipinski definition) is 0. The number of piperidine rings is 1. The average Bonchev–Trinajstić information content (AvgIpc) is 3.04. The molecule has 0 bridgehead atoms. The van der Waals surface area contributed by atoms with Crippen molar-refractivity contribution in [1.29, 1.82) is 0 Å². The second-order valence-electron chi connectivity index (χ2n) is 7.32. The van der Waals surface area contributed by atoms with Gasteiger partial charge in [-0.1, -0.05) is 28.9 Å². The van der Waals surface area contributed by atoms with Crippen LogP contribution >= 0.6 is 28.3 Å². The van der Waals surface area contributed by atoms with Gasteiger partial charge in [-0.2, -0.15) is 4.31 Å². The fourth-order valence-corrected chi connectivity index (χ4v) is 5.97. The molecule has 0 unspecified atom stereocenters. The minimum atomic E-state index is -3.42. The molecule has 1 aromatic rings. The zero-order valence-corrected chi connectivity index (χ0v) is 18.1. The Hall–Kier alpha value is -0.140. The van der Waals surface area contributed by atoms with Crippen LogP contribution in [-0.4, -0.2) is 49.8 Å². The molecular formula is C18H28BrClN2O2S. The molecule has 4 nitrogen and oxygen atoms in total. The van der Waals surface area contributed by atoms with E-state index < -0.39 is 10.0 Å². The van der Waals surface area contributed by atoms with Gasteiger partial charge >= 0.3 is 0 Å². The first-order chi connectivity index (χ1) is 11.4. The largest absolute Gasteiger partial charge is 0.300 e. The Balaban J connectivity index is 0.00000225. The van der Waals surface area contributed by atoms with Crippen molar-refractivity contribution in [2.24, 2.45) is 5.92 Å². The minimum Gasteiger partial charge on any atom is -0.300 e. The van der Waals surface area contributed by atoms with E-state index in [4.69, 9.17) is 0 Å². The SMILES string of the molecule is CC1CCN([C@@H]2CC[C@H](N(C)S(=O)(=O)c3cccc(Br)c3)C2)CC1.Cl. The summed E-state index contributed by atoms with van der Waals surface area (Å²) in [7, 11) is -1.69. The summed E-state index contributed by atoms with van der Waals surface area (Å²) in [5.74, 6) is 0.832. The van der Waals surface area contributed by atoms with Crippen LogP contribution in [0.25, 0.3) is 0 Å². The van der Waals surface area contributed by atoms with Crippen molar-refractivity contribution in [2.45, 2.75) is 56.0 Å². The molecule has 1 saturated heterocycles. The number of nitrogens with zero attached hydrogens (tertiary/aromatic N) is 2. The van der Waals surface area contributed by atoms with Crippen molar-refractivity contribution in [2.75, 3.05) is 20.1 Å². The molecule has 7 heteroatoms. The molecule has 0 amide bonds. The monoisotopic (exact) mass is 450 g/mol. The van der Waals surface area contributed by atoms with E-state index in [0.29, 0.717) is 10.9 Å². The van der Waals surface area contributed by atoms with E-state index in [-0.39, 0.29) is 18.4 Å². The van der Waals surface area contributed by atoms with Crippen LogP contribution in [0.15, 0.2) is 33.6 Å². The number of halogens is 2. The third-order valence-electron chi connectivity index (χ3n) is 5.70. The van der Waals surface area contributed by atoms with Gasteiger partial charge in [0, 0.05) is 23.6 Å². The topological polar surface area (TPSA) is 40.6 Å². The lowest BCUT2D eigenvalue weighted by Gasteiger charge is -2.35. The first kappa shape index (κ1) is 21.2. The number of rotatable bonds is 4. The third-order valence-corrected chi connectivity index (χ3v) is 8.10. The number of benzene rings is 1. The molecule has 3 rings (SSSR count). The van der Waals surface area contributed by atoms with Gasteiger partial charge in [-0.3, -0.25) is 0 Å². The van der Waals surface area contributed by atoms with Crippen molar-refractivity contribution >= 4 is 38.4 Å². The molecule has 25 heavy (non-hydrogen) atoms. The van der Waals surface area contributed by atoms with Gasteiger partial charge in [0.05, 0.1) is 4.90 Å². The molecule has 2 fully saturated rings. The Morgan fingerprint density at radius 2 is 1.84 bits per heavy atom. The average molecular weight is 452 g/mol.